The number of hydrogen-bond donors (Lipinski definition) is 0. The first-order valence-electron chi connectivity index (χ1n) is 24.6. The Labute approximate surface area is 411 Å². The van der Waals surface area contributed by atoms with E-state index in [1.54, 1.807) is 0 Å². The van der Waals surface area contributed by atoms with Gasteiger partial charge in [-0.1, -0.05) is 243 Å². The summed E-state index contributed by atoms with van der Waals surface area (Å²) < 4.78 is 0. The first-order valence-corrected chi connectivity index (χ1v) is 24.6. The summed E-state index contributed by atoms with van der Waals surface area (Å²) in [5, 5.41) is 10.0. The molecule has 0 N–H and O–H groups in total. The van der Waals surface area contributed by atoms with Gasteiger partial charge < -0.3 is 0 Å². The van der Waals surface area contributed by atoms with Gasteiger partial charge in [-0.15, -0.1) is 0 Å². The first-order chi connectivity index (χ1) is 35.2. The number of aromatic nitrogens is 2. The van der Waals surface area contributed by atoms with Crippen molar-refractivity contribution in [2.45, 2.75) is 5.41 Å². The van der Waals surface area contributed by atoms with Crippen molar-refractivity contribution in [3.8, 4) is 78.4 Å². The van der Waals surface area contributed by atoms with Gasteiger partial charge >= 0.3 is 0 Å². The van der Waals surface area contributed by atoms with E-state index in [0.717, 1.165) is 33.6 Å². The Kier molecular flexibility index (Phi) is 8.61. The van der Waals surface area contributed by atoms with E-state index in [1.165, 1.54) is 104 Å². The molecule has 12 aromatic carbocycles. The molecule has 71 heavy (non-hydrogen) atoms. The molecule has 2 aliphatic carbocycles. The fraction of sp³-hybridized carbons (Fsp3) is 0.0145. The van der Waals surface area contributed by atoms with Crippen LogP contribution in [0.15, 0.2) is 255 Å². The van der Waals surface area contributed by atoms with Crippen LogP contribution in [0.3, 0.4) is 0 Å². The zero-order valence-corrected chi connectivity index (χ0v) is 38.6. The van der Waals surface area contributed by atoms with Crippen molar-refractivity contribution in [2.75, 3.05) is 0 Å². The lowest BCUT2D eigenvalue weighted by atomic mass is 9.70. The third-order valence-corrected chi connectivity index (χ3v) is 15.5. The van der Waals surface area contributed by atoms with Crippen molar-refractivity contribution in [1.82, 2.24) is 9.97 Å². The van der Waals surface area contributed by atoms with Crippen LogP contribution in [0.5, 0.6) is 0 Å². The molecule has 0 aliphatic heterocycles. The number of rotatable bonds is 5. The zero-order valence-electron chi connectivity index (χ0n) is 38.6. The monoisotopic (exact) mass is 898 g/mol. The Morgan fingerprint density at radius 3 is 1.52 bits per heavy atom. The van der Waals surface area contributed by atoms with E-state index in [0.29, 0.717) is 5.82 Å². The molecular weight excluding hydrogens is 857 g/mol. The molecule has 1 heterocycles. The molecule has 0 radical (unpaired) electrons. The predicted octanol–water partition coefficient (Wildman–Crippen LogP) is 17.8. The van der Waals surface area contributed by atoms with Crippen LogP contribution in [0.2, 0.25) is 0 Å². The third kappa shape index (κ3) is 5.77. The summed E-state index contributed by atoms with van der Waals surface area (Å²) in [6, 6.07) is 93.4. The Morgan fingerprint density at radius 1 is 0.239 bits per heavy atom. The smallest absolute Gasteiger partial charge is 0.160 e. The number of benzene rings is 12. The summed E-state index contributed by atoms with van der Waals surface area (Å²) in [6.07, 6.45) is 0. The van der Waals surface area contributed by atoms with Crippen LogP contribution in [0, 0.1) is 0 Å². The standard InChI is InChI=1S/C69H42N2/c1-2-18-46(19-3-1)68-70-64(42-65(71-68)58-28-16-32-63-67(58)57-27-12-15-31-62(57)69(63)60-29-13-10-25-53(60)54-26-11-14-30-61(54)69)45-35-33-44(34-36-45)49-39-40-55(52-24-9-8-23-51(49)52)66-50-22-7-5-20-47(50)41-59-48-21-6-4-17-43(48)37-38-56(59)66/h1-42H. The maximum atomic E-state index is 5.43. The highest BCUT2D eigenvalue weighted by Crippen LogP contribution is 2.64. The van der Waals surface area contributed by atoms with E-state index in [-0.39, 0.29) is 0 Å². The molecular formula is C69H42N2. The Hall–Kier alpha value is -9.24. The number of hydrogen-bond acceptors (Lipinski definition) is 2. The van der Waals surface area contributed by atoms with Gasteiger partial charge in [0.15, 0.2) is 5.82 Å². The van der Waals surface area contributed by atoms with Crippen LogP contribution in [0.25, 0.3) is 122 Å². The van der Waals surface area contributed by atoms with Crippen LogP contribution < -0.4 is 0 Å². The summed E-state index contributed by atoms with van der Waals surface area (Å²) >= 11 is 0. The molecule has 1 aromatic heterocycles. The van der Waals surface area contributed by atoms with Gasteiger partial charge in [0, 0.05) is 16.7 Å². The average Bonchev–Trinajstić information content (AvgIpc) is 3.92. The largest absolute Gasteiger partial charge is 0.228 e. The van der Waals surface area contributed by atoms with Gasteiger partial charge in [0.2, 0.25) is 0 Å². The SMILES string of the molecule is c1ccc(-c2nc(-c3ccc(-c4ccc(-c5c6ccccc6cc6c5ccc5ccccc56)c5ccccc45)cc3)cc(-c3cccc4c3-c3ccccc3C43c4ccccc4-c4ccccc43)n2)cc1. The molecule has 15 rings (SSSR count). The van der Waals surface area contributed by atoms with Gasteiger partial charge in [-0.05, 0) is 122 Å². The van der Waals surface area contributed by atoms with Crippen molar-refractivity contribution in [1.29, 1.82) is 0 Å². The molecule has 2 heteroatoms. The summed E-state index contributed by atoms with van der Waals surface area (Å²) in [4.78, 5) is 10.8. The van der Waals surface area contributed by atoms with Crippen LogP contribution in [-0.2, 0) is 5.41 Å². The van der Waals surface area contributed by atoms with Crippen LogP contribution in [0.4, 0.5) is 0 Å². The quantitative estimate of drug-likeness (QED) is 0.127. The maximum absolute atomic E-state index is 5.43. The van der Waals surface area contributed by atoms with E-state index < -0.39 is 5.41 Å². The van der Waals surface area contributed by atoms with Crippen molar-refractivity contribution in [3.05, 3.63) is 277 Å². The second-order valence-corrected chi connectivity index (χ2v) is 19.1. The second-order valence-electron chi connectivity index (χ2n) is 19.1. The van der Waals surface area contributed by atoms with E-state index in [1.807, 2.05) is 6.07 Å². The van der Waals surface area contributed by atoms with Gasteiger partial charge in [0.1, 0.15) is 0 Å². The van der Waals surface area contributed by atoms with Gasteiger partial charge in [-0.3, -0.25) is 0 Å². The Bertz CT molecular complexity index is 4290. The molecule has 328 valence electrons. The number of fused-ring (bicyclic) bond motifs is 15. The van der Waals surface area contributed by atoms with E-state index in [4.69, 9.17) is 9.97 Å². The maximum Gasteiger partial charge on any atom is 0.160 e. The normalized spacial score (nSPS) is 12.9. The van der Waals surface area contributed by atoms with Gasteiger partial charge in [0.25, 0.3) is 0 Å². The summed E-state index contributed by atoms with van der Waals surface area (Å²) in [5.74, 6) is 0.702. The molecule has 0 saturated carbocycles. The molecule has 13 aromatic rings. The van der Waals surface area contributed by atoms with Crippen LogP contribution in [-0.4, -0.2) is 9.97 Å². The fourth-order valence-electron chi connectivity index (χ4n) is 12.5. The van der Waals surface area contributed by atoms with Gasteiger partial charge in [0.05, 0.1) is 16.8 Å². The highest BCUT2D eigenvalue weighted by atomic mass is 14.9. The molecule has 1 spiro atoms. The lowest BCUT2D eigenvalue weighted by Gasteiger charge is -2.30. The highest BCUT2D eigenvalue weighted by Gasteiger charge is 2.52. The van der Waals surface area contributed by atoms with Crippen molar-refractivity contribution >= 4 is 43.1 Å². The minimum absolute atomic E-state index is 0.441. The summed E-state index contributed by atoms with van der Waals surface area (Å²) in [5.41, 5.74) is 19.7. The topological polar surface area (TPSA) is 25.8 Å². The van der Waals surface area contributed by atoms with Crippen molar-refractivity contribution in [3.63, 3.8) is 0 Å². The first kappa shape index (κ1) is 39.7. The molecule has 0 atom stereocenters. The molecule has 2 aliphatic rings. The lowest BCUT2D eigenvalue weighted by Crippen LogP contribution is -2.25. The van der Waals surface area contributed by atoms with E-state index in [2.05, 4.69) is 249 Å². The van der Waals surface area contributed by atoms with Crippen LogP contribution >= 0.6 is 0 Å². The predicted molar refractivity (Wildman–Crippen MR) is 296 cm³/mol. The van der Waals surface area contributed by atoms with Gasteiger partial charge in [-0.2, -0.15) is 0 Å². The summed E-state index contributed by atoms with van der Waals surface area (Å²) in [7, 11) is 0. The minimum Gasteiger partial charge on any atom is -0.228 e. The van der Waals surface area contributed by atoms with E-state index >= 15 is 0 Å². The second kappa shape index (κ2) is 15.4. The zero-order chi connectivity index (χ0) is 46.6. The fourth-order valence-corrected chi connectivity index (χ4v) is 12.5. The van der Waals surface area contributed by atoms with E-state index in [9.17, 15) is 0 Å². The van der Waals surface area contributed by atoms with Crippen LogP contribution in [0.1, 0.15) is 22.3 Å². The van der Waals surface area contributed by atoms with Crippen molar-refractivity contribution < 1.29 is 0 Å². The molecule has 2 nitrogen and oxygen atoms in total. The Balaban J connectivity index is 0.879. The van der Waals surface area contributed by atoms with Crippen molar-refractivity contribution in [2.24, 2.45) is 0 Å². The molecule has 0 amide bonds. The molecule has 0 bridgehead atoms. The number of nitrogens with zero attached hydrogens (tertiary/aromatic N) is 2. The highest BCUT2D eigenvalue weighted by molar-refractivity contribution is 6.23. The summed E-state index contributed by atoms with van der Waals surface area (Å²) in [6.45, 7) is 0. The minimum atomic E-state index is -0.441. The molecule has 0 saturated heterocycles. The lowest BCUT2D eigenvalue weighted by molar-refractivity contribution is 0.794. The molecule has 0 fully saturated rings. The molecule has 0 unspecified atom stereocenters. The average molecular weight is 899 g/mol. The third-order valence-electron chi connectivity index (χ3n) is 15.5. The Morgan fingerprint density at radius 2 is 0.775 bits per heavy atom. The van der Waals surface area contributed by atoms with Gasteiger partial charge in [-0.25, -0.2) is 9.97 Å².